The van der Waals surface area contributed by atoms with Crippen molar-refractivity contribution < 1.29 is 28.6 Å². The highest BCUT2D eigenvalue weighted by molar-refractivity contribution is 5.71. The van der Waals surface area contributed by atoms with E-state index in [0.29, 0.717) is 19.3 Å². The van der Waals surface area contributed by atoms with Crippen molar-refractivity contribution in [3.05, 3.63) is 0 Å². The Morgan fingerprint density at radius 1 is 0.242 bits per heavy atom. The Balaban J connectivity index is 4.26. The number of carbonyl (C=O) groups excluding carboxylic acids is 3. The fraction of sp³-hybridized carbons (Fsp3) is 0.950. The smallest absolute Gasteiger partial charge is 0.306 e. The van der Waals surface area contributed by atoms with Gasteiger partial charge < -0.3 is 14.2 Å². The summed E-state index contributed by atoms with van der Waals surface area (Å²) in [5, 5.41) is 0. The molecule has 66 heavy (non-hydrogen) atoms. The molecule has 0 radical (unpaired) electrons. The van der Waals surface area contributed by atoms with Gasteiger partial charge >= 0.3 is 17.9 Å². The van der Waals surface area contributed by atoms with Crippen molar-refractivity contribution in [2.45, 2.75) is 354 Å². The Labute approximate surface area is 412 Å². The molecule has 0 saturated heterocycles. The van der Waals surface area contributed by atoms with Gasteiger partial charge in [0.15, 0.2) is 6.10 Å². The van der Waals surface area contributed by atoms with Crippen LogP contribution in [-0.2, 0) is 28.6 Å². The van der Waals surface area contributed by atoms with Gasteiger partial charge in [0.25, 0.3) is 0 Å². The molecule has 0 aromatic rings. The zero-order valence-corrected chi connectivity index (χ0v) is 45.0. The van der Waals surface area contributed by atoms with Gasteiger partial charge in [-0.15, -0.1) is 0 Å². The molecule has 392 valence electrons. The van der Waals surface area contributed by atoms with Crippen LogP contribution in [0.3, 0.4) is 0 Å². The fourth-order valence-corrected chi connectivity index (χ4v) is 9.33. The van der Waals surface area contributed by atoms with E-state index in [1.165, 1.54) is 250 Å². The minimum atomic E-state index is -0.761. The number of ether oxygens (including phenoxy) is 3. The van der Waals surface area contributed by atoms with E-state index in [-0.39, 0.29) is 31.1 Å². The largest absolute Gasteiger partial charge is 0.462 e. The number of rotatable bonds is 56. The number of unbranched alkanes of at least 4 members (excludes halogenated alkanes) is 45. The molecule has 0 N–H and O–H groups in total. The van der Waals surface area contributed by atoms with E-state index in [0.717, 1.165) is 57.8 Å². The van der Waals surface area contributed by atoms with E-state index in [1.54, 1.807) is 0 Å². The van der Waals surface area contributed by atoms with E-state index in [4.69, 9.17) is 14.2 Å². The monoisotopic (exact) mass is 933 g/mol. The summed E-state index contributed by atoms with van der Waals surface area (Å²) in [5.74, 6) is -0.829. The standard InChI is InChI=1S/C60H116O6/c1-4-7-10-13-16-19-22-25-27-29-30-31-33-35-38-41-44-47-50-53-59(62)65-56-57(55-64-58(61)52-49-46-43-40-37-34-24-21-18-15-12-9-6-3)66-60(63)54-51-48-45-42-39-36-32-28-26-23-20-17-14-11-8-5-2/h57H,4-56H2,1-3H3/t57-/m1/s1. The average molecular weight is 934 g/mol. The molecule has 0 aliphatic heterocycles. The van der Waals surface area contributed by atoms with Crippen molar-refractivity contribution in [3.8, 4) is 0 Å². The van der Waals surface area contributed by atoms with E-state index < -0.39 is 6.10 Å². The van der Waals surface area contributed by atoms with Gasteiger partial charge in [-0.1, -0.05) is 310 Å². The molecule has 0 saturated carbocycles. The lowest BCUT2D eigenvalue weighted by Gasteiger charge is -2.18. The maximum Gasteiger partial charge on any atom is 0.306 e. The number of esters is 3. The van der Waals surface area contributed by atoms with E-state index >= 15 is 0 Å². The van der Waals surface area contributed by atoms with Crippen LogP contribution in [0, 0.1) is 0 Å². The molecule has 0 unspecified atom stereocenters. The summed E-state index contributed by atoms with van der Waals surface area (Å²) < 4.78 is 16.9. The minimum absolute atomic E-state index is 0.0608. The summed E-state index contributed by atoms with van der Waals surface area (Å²) in [5.41, 5.74) is 0. The number of hydrogen-bond donors (Lipinski definition) is 0. The summed E-state index contributed by atoms with van der Waals surface area (Å²) in [6.07, 6.45) is 62.4. The summed E-state index contributed by atoms with van der Waals surface area (Å²) in [6.45, 7) is 6.71. The van der Waals surface area contributed by atoms with Crippen molar-refractivity contribution in [1.29, 1.82) is 0 Å². The van der Waals surface area contributed by atoms with Crippen LogP contribution in [0.25, 0.3) is 0 Å². The molecule has 6 heteroatoms. The third-order valence-electron chi connectivity index (χ3n) is 13.9. The lowest BCUT2D eigenvalue weighted by molar-refractivity contribution is -0.167. The average Bonchev–Trinajstić information content (AvgIpc) is 3.31. The third kappa shape index (κ3) is 53.4. The van der Waals surface area contributed by atoms with Crippen molar-refractivity contribution in [2.75, 3.05) is 13.2 Å². The van der Waals surface area contributed by atoms with Gasteiger partial charge in [-0.25, -0.2) is 0 Å². The Morgan fingerprint density at radius 2 is 0.409 bits per heavy atom. The molecule has 0 amide bonds. The van der Waals surface area contributed by atoms with Crippen molar-refractivity contribution >= 4 is 17.9 Å². The molecule has 0 bridgehead atoms. The minimum Gasteiger partial charge on any atom is -0.462 e. The van der Waals surface area contributed by atoms with Crippen molar-refractivity contribution in [2.24, 2.45) is 0 Å². The predicted molar refractivity (Wildman–Crippen MR) is 284 cm³/mol. The van der Waals surface area contributed by atoms with Gasteiger partial charge in [-0.3, -0.25) is 14.4 Å². The Hall–Kier alpha value is -1.59. The van der Waals surface area contributed by atoms with Crippen LogP contribution >= 0.6 is 0 Å². The van der Waals surface area contributed by atoms with Crippen LogP contribution in [0.4, 0.5) is 0 Å². The van der Waals surface area contributed by atoms with E-state index in [2.05, 4.69) is 20.8 Å². The second kappa shape index (κ2) is 56.0. The highest BCUT2D eigenvalue weighted by atomic mass is 16.6. The molecule has 0 fully saturated rings. The quantitative estimate of drug-likeness (QED) is 0.0343. The lowest BCUT2D eigenvalue weighted by atomic mass is 10.0. The first-order chi connectivity index (χ1) is 32.5. The molecule has 1 atom stereocenters. The normalized spacial score (nSPS) is 11.9. The fourth-order valence-electron chi connectivity index (χ4n) is 9.33. The van der Waals surface area contributed by atoms with Gasteiger partial charge in [-0.2, -0.15) is 0 Å². The molecule has 0 aliphatic rings. The zero-order chi connectivity index (χ0) is 47.9. The first-order valence-electron chi connectivity index (χ1n) is 30.0. The van der Waals surface area contributed by atoms with Crippen LogP contribution in [0.2, 0.25) is 0 Å². The zero-order valence-electron chi connectivity index (χ0n) is 45.0. The Kier molecular flexibility index (Phi) is 54.7. The van der Waals surface area contributed by atoms with Crippen molar-refractivity contribution in [1.82, 2.24) is 0 Å². The molecule has 0 aromatic carbocycles. The molecule has 0 rings (SSSR count). The molecular weight excluding hydrogens is 817 g/mol. The maximum absolute atomic E-state index is 12.9. The molecule has 0 aliphatic carbocycles. The highest BCUT2D eigenvalue weighted by Gasteiger charge is 2.19. The van der Waals surface area contributed by atoms with E-state index in [1.807, 2.05) is 0 Å². The number of hydrogen-bond acceptors (Lipinski definition) is 6. The third-order valence-corrected chi connectivity index (χ3v) is 13.9. The second-order valence-electron chi connectivity index (χ2n) is 20.6. The molecule has 0 heterocycles. The Morgan fingerprint density at radius 3 is 0.606 bits per heavy atom. The molecule has 0 spiro atoms. The first-order valence-corrected chi connectivity index (χ1v) is 30.0. The topological polar surface area (TPSA) is 78.9 Å². The predicted octanol–water partition coefficient (Wildman–Crippen LogP) is 19.9. The van der Waals surface area contributed by atoms with Crippen molar-refractivity contribution in [3.63, 3.8) is 0 Å². The maximum atomic E-state index is 12.9. The summed E-state index contributed by atoms with van der Waals surface area (Å²) >= 11 is 0. The Bertz CT molecular complexity index is 982. The van der Waals surface area contributed by atoms with Crippen LogP contribution in [0.5, 0.6) is 0 Å². The summed E-state index contributed by atoms with van der Waals surface area (Å²) in [4.78, 5) is 38.2. The molecule has 0 aromatic heterocycles. The summed E-state index contributed by atoms with van der Waals surface area (Å²) in [7, 11) is 0. The molecular formula is C60H116O6. The van der Waals surface area contributed by atoms with Crippen LogP contribution in [0.15, 0.2) is 0 Å². The lowest BCUT2D eigenvalue weighted by Crippen LogP contribution is -2.30. The number of carbonyl (C=O) groups is 3. The van der Waals surface area contributed by atoms with Gasteiger partial charge in [0, 0.05) is 19.3 Å². The van der Waals surface area contributed by atoms with Gasteiger partial charge in [0.1, 0.15) is 13.2 Å². The van der Waals surface area contributed by atoms with Crippen LogP contribution < -0.4 is 0 Å². The summed E-state index contributed by atoms with van der Waals surface area (Å²) in [6, 6.07) is 0. The van der Waals surface area contributed by atoms with Crippen LogP contribution in [0.1, 0.15) is 348 Å². The van der Waals surface area contributed by atoms with Gasteiger partial charge in [0.05, 0.1) is 0 Å². The van der Waals surface area contributed by atoms with Gasteiger partial charge in [0.2, 0.25) is 0 Å². The second-order valence-corrected chi connectivity index (χ2v) is 20.6. The first kappa shape index (κ1) is 64.4. The van der Waals surface area contributed by atoms with E-state index in [9.17, 15) is 14.4 Å². The SMILES string of the molecule is CCCCCCCCCCCCCCCCCCCCCC(=O)OC[C@@H](COC(=O)CCCCCCCCCCCCCCC)OC(=O)CCCCCCCCCCCCCCCCCC. The van der Waals surface area contributed by atoms with Gasteiger partial charge in [-0.05, 0) is 19.3 Å². The highest BCUT2D eigenvalue weighted by Crippen LogP contribution is 2.18. The molecule has 6 nitrogen and oxygen atoms in total. The van der Waals surface area contributed by atoms with Crippen LogP contribution in [-0.4, -0.2) is 37.2 Å².